The first-order chi connectivity index (χ1) is 12.2. The standard InChI is InChI=1S/C17H24N2O6S/c1-12(16(20)24-4)25-17(21)14-11-13(26(22,23)18(2)3)7-8-15(14)19-9-5-6-10-19/h7-8,11-12H,5-6,9-10H2,1-4H3. The van der Waals surface area contributed by atoms with Crippen LogP contribution in [0.1, 0.15) is 30.1 Å². The molecular weight excluding hydrogens is 360 g/mol. The number of esters is 2. The van der Waals surface area contributed by atoms with Gasteiger partial charge in [0.05, 0.1) is 23.3 Å². The second kappa shape index (κ2) is 8.05. The van der Waals surface area contributed by atoms with Crippen molar-refractivity contribution in [3.8, 4) is 0 Å². The number of nitrogens with zero attached hydrogens (tertiary/aromatic N) is 2. The summed E-state index contributed by atoms with van der Waals surface area (Å²) in [6.07, 6.45) is 0.892. The molecule has 1 aliphatic heterocycles. The fourth-order valence-corrected chi connectivity index (χ4v) is 3.65. The van der Waals surface area contributed by atoms with E-state index in [1.54, 1.807) is 6.07 Å². The van der Waals surface area contributed by atoms with Crippen LogP contribution in [0.15, 0.2) is 23.1 Å². The second-order valence-corrected chi connectivity index (χ2v) is 8.38. The predicted molar refractivity (Wildman–Crippen MR) is 95.7 cm³/mol. The fraction of sp³-hybridized carbons (Fsp3) is 0.529. The lowest BCUT2D eigenvalue weighted by molar-refractivity contribution is -0.149. The van der Waals surface area contributed by atoms with Crippen LogP contribution in [-0.2, 0) is 24.3 Å². The first kappa shape index (κ1) is 20.2. The van der Waals surface area contributed by atoms with Crippen LogP contribution in [-0.4, -0.2) is 65.1 Å². The van der Waals surface area contributed by atoms with Gasteiger partial charge in [0.1, 0.15) is 0 Å². The third-order valence-electron chi connectivity index (χ3n) is 4.23. The van der Waals surface area contributed by atoms with Crippen molar-refractivity contribution in [3.05, 3.63) is 23.8 Å². The molecule has 8 nitrogen and oxygen atoms in total. The van der Waals surface area contributed by atoms with Crippen molar-refractivity contribution in [2.75, 3.05) is 39.2 Å². The zero-order valence-electron chi connectivity index (χ0n) is 15.4. The van der Waals surface area contributed by atoms with Crippen LogP contribution < -0.4 is 4.90 Å². The first-order valence-electron chi connectivity index (χ1n) is 8.29. The lowest BCUT2D eigenvalue weighted by atomic mass is 10.1. The quantitative estimate of drug-likeness (QED) is 0.682. The van der Waals surface area contributed by atoms with Gasteiger partial charge in [-0.2, -0.15) is 0 Å². The zero-order chi connectivity index (χ0) is 19.5. The predicted octanol–water partition coefficient (Wildman–Crippen LogP) is 1.26. The van der Waals surface area contributed by atoms with Gasteiger partial charge in [0.15, 0.2) is 6.10 Å². The van der Waals surface area contributed by atoms with E-state index in [1.165, 1.54) is 40.3 Å². The van der Waals surface area contributed by atoms with E-state index < -0.39 is 28.1 Å². The molecule has 0 saturated carbocycles. The number of methoxy groups -OCH3 is 1. The number of anilines is 1. The summed E-state index contributed by atoms with van der Waals surface area (Å²) in [5.74, 6) is -1.45. The fourth-order valence-electron chi connectivity index (χ4n) is 2.72. The van der Waals surface area contributed by atoms with Gasteiger partial charge in [-0.15, -0.1) is 0 Å². The van der Waals surface area contributed by atoms with Crippen molar-refractivity contribution in [2.24, 2.45) is 0 Å². The monoisotopic (exact) mass is 384 g/mol. The summed E-state index contributed by atoms with van der Waals surface area (Å²) in [4.78, 5) is 26.2. The number of ether oxygens (including phenoxy) is 2. The van der Waals surface area contributed by atoms with Gasteiger partial charge < -0.3 is 14.4 Å². The van der Waals surface area contributed by atoms with E-state index in [-0.39, 0.29) is 10.5 Å². The third-order valence-corrected chi connectivity index (χ3v) is 6.04. The van der Waals surface area contributed by atoms with Crippen molar-refractivity contribution in [1.29, 1.82) is 0 Å². The Morgan fingerprint density at radius 1 is 1.19 bits per heavy atom. The molecular formula is C17H24N2O6S. The molecule has 1 aliphatic rings. The van der Waals surface area contributed by atoms with Gasteiger partial charge in [0.25, 0.3) is 0 Å². The Kier molecular flexibility index (Phi) is 6.25. The molecule has 1 heterocycles. The summed E-state index contributed by atoms with van der Waals surface area (Å²) in [6, 6.07) is 4.39. The van der Waals surface area contributed by atoms with E-state index >= 15 is 0 Å². The van der Waals surface area contributed by atoms with E-state index in [0.29, 0.717) is 5.69 Å². The molecule has 1 aromatic carbocycles. The highest BCUT2D eigenvalue weighted by molar-refractivity contribution is 7.89. The molecule has 0 aliphatic carbocycles. The highest BCUT2D eigenvalue weighted by Gasteiger charge is 2.27. The van der Waals surface area contributed by atoms with Gasteiger partial charge in [-0.1, -0.05) is 0 Å². The van der Waals surface area contributed by atoms with Gasteiger partial charge in [0.2, 0.25) is 10.0 Å². The molecule has 0 N–H and O–H groups in total. The Morgan fingerprint density at radius 3 is 2.35 bits per heavy atom. The number of rotatable bonds is 6. The van der Waals surface area contributed by atoms with Crippen molar-refractivity contribution in [2.45, 2.75) is 30.8 Å². The summed E-state index contributed by atoms with van der Waals surface area (Å²) in [5.41, 5.74) is 0.716. The minimum absolute atomic E-state index is 0.0110. The average molecular weight is 384 g/mol. The summed E-state index contributed by atoms with van der Waals surface area (Å²) in [6.45, 7) is 2.94. The third kappa shape index (κ3) is 4.16. The summed E-state index contributed by atoms with van der Waals surface area (Å²) >= 11 is 0. The number of hydrogen-bond donors (Lipinski definition) is 0. The molecule has 1 fully saturated rings. The van der Waals surface area contributed by atoms with Crippen molar-refractivity contribution in [1.82, 2.24) is 4.31 Å². The topological polar surface area (TPSA) is 93.2 Å². The van der Waals surface area contributed by atoms with Crippen molar-refractivity contribution in [3.63, 3.8) is 0 Å². The summed E-state index contributed by atoms with van der Waals surface area (Å²) < 4.78 is 35.6. The highest BCUT2D eigenvalue weighted by atomic mass is 32.2. The molecule has 2 rings (SSSR count). The Bertz CT molecular complexity index is 784. The Balaban J connectivity index is 2.44. The molecule has 0 bridgehead atoms. The normalized spacial score (nSPS) is 15.8. The van der Waals surface area contributed by atoms with Gasteiger partial charge in [-0.25, -0.2) is 22.3 Å². The maximum Gasteiger partial charge on any atom is 0.346 e. The largest absolute Gasteiger partial charge is 0.466 e. The van der Waals surface area contributed by atoms with E-state index in [9.17, 15) is 18.0 Å². The van der Waals surface area contributed by atoms with Gasteiger partial charge in [-0.3, -0.25) is 0 Å². The molecule has 0 amide bonds. The number of sulfonamides is 1. The molecule has 1 saturated heterocycles. The lowest BCUT2D eigenvalue weighted by Crippen LogP contribution is -2.28. The maximum atomic E-state index is 12.6. The van der Waals surface area contributed by atoms with Crippen LogP contribution >= 0.6 is 0 Å². The molecule has 0 spiro atoms. The van der Waals surface area contributed by atoms with Gasteiger partial charge in [-0.05, 0) is 38.0 Å². The molecule has 0 aromatic heterocycles. The van der Waals surface area contributed by atoms with Gasteiger partial charge in [0, 0.05) is 27.2 Å². The zero-order valence-corrected chi connectivity index (χ0v) is 16.2. The summed E-state index contributed by atoms with van der Waals surface area (Å²) in [7, 11) is 0.329. The van der Waals surface area contributed by atoms with Crippen LogP contribution in [0.25, 0.3) is 0 Å². The SMILES string of the molecule is COC(=O)C(C)OC(=O)c1cc(S(=O)(=O)N(C)C)ccc1N1CCCC1. The molecule has 26 heavy (non-hydrogen) atoms. The Labute approximate surface area is 153 Å². The number of carbonyl (C=O) groups excluding carboxylic acids is 2. The number of carbonyl (C=O) groups is 2. The van der Waals surface area contributed by atoms with E-state index in [0.717, 1.165) is 30.2 Å². The van der Waals surface area contributed by atoms with Crippen LogP contribution in [0.3, 0.4) is 0 Å². The van der Waals surface area contributed by atoms with Crippen LogP contribution in [0.4, 0.5) is 5.69 Å². The van der Waals surface area contributed by atoms with E-state index in [4.69, 9.17) is 4.74 Å². The van der Waals surface area contributed by atoms with E-state index in [1.807, 2.05) is 4.90 Å². The van der Waals surface area contributed by atoms with E-state index in [2.05, 4.69) is 4.74 Å². The van der Waals surface area contributed by atoms with Gasteiger partial charge >= 0.3 is 11.9 Å². The van der Waals surface area contributed by atoms with Crippen molar-refractivity contribution < 1.29 is 27.5 Å². The Morgan fingerprint density at radius 2 is 1.81 bits per heavy atom. The Hall–Kier alpha value is -2.13. The maximum absolute atomic E-state index is 12.6. The van der Waals surface area contributed by atoms with Crippen LogP contribution in [0.2, 0.25) is 0 Å². The molecule has 144 valence electrons. The molecule has 9 heteroatoms. The second-order valence-electron chi connectivity index (χ2n) is 6.23. The molecule has 1 aromatic rings. The number of hydrogen-bond acceptors (Lipinski definition) is 7. The smallest absolute Gasteiger partial charge is 0.346 e. The molecule has 1 atom stereocenters. The minimum Gasteiger partial charge on any atom is -0.466 e. The minimum atomic E-state index is -3.71. The highest BCUT2D eigenvalue weighted by Crippen LogP contribution is 2.29. The average Bonchev–Trinajstić information content (AvgIpc) is 3.14. The first-order valence-corrected chi connectivity index (χ1v) is 9.73. The number of benzene rings is 1. The molecule has 0 radical (unpaired) electrons. The van der Waals surface area contributed by atoms with Crippen LogP contribution in [0.5, 0.6) is 0 Å². The lowest BCUT2D eigenvalue weighted by Gasteiger charge is -2.22. The summed E-state index contributed by atoms with van der Waals surface area (Å²) in [5, 5.41) is 0. The van der Waals surface area contributed by atoms with Crippen LogP contribution in [0, 0.1) is 0 Å². The van der Waals surface area contributed by atoms with Crippen molar-refractivity contribution >= 4 is 27.6 Å². The molecule has 1 unspecified atom stereocenters.